The Bertz CT molecular complexity index is 1030. The summed E-state index contributed by atoms with van der Waals surface area (Å²) in [5.41, 5.74) is 10.4. The molecule has 4 heterocycles. The summed E-state index contributed by atoms with van der Waals surface area (Å²) in [6.45, 7) is 9.53. The first kappa shape index (κ1) is 18.2. The van der Waals surface area contributed by atoms with Crippen molar-refractivity contribution in [1.82, 2.24) is 24.8 Å². The van der Waals surface area contributed by atoms with Crippen molar-refractivity contribution in [2.45, 2.75) is 20.8 Å². The first-order chi connectivity index (χ1) is 13.5. The van der Waals surface area contributed by atoms with Crippen LogP contribution in [0.5, 0.6) is 0 Å². The Hall–Kier alpha value is -3.20. The molecule has 3 aromatic heterocycles. The van der Waals surface area contributed by atoms with Crippen molar-refractivity contribution in [2.75, 3.05) is 36.4 Å². The van der Waals surface area contributed by atoms with E-state index in [1.165, 1.54) is 4.57 Å². The van der Waals surface area contributed by atoms with Crippen LogP contribution in [0.2, 0.25) is 0 Å². The zero-order valence-corrected chi connectivity index (χ0v) is 16.3. The second-order valence-corrected chi connectivity index (χ2v) is 6.98. The Labute approximate surface area is 163 Å². The third kappa shape index (κ3) is 3.13. The van der Waals surface area contributed by atoms with Crippen molar-refractivity contribution in [3.8, 4) is 0 Å². The van der Waals surface area contributed by atoms with E-state index in [0.717, 1.165) is 43.1 Å². The Morgan fingerprint density at radius 1 is 1.18 bits per heavy atom. The molecule has 0 aromatic carbocycles. The van der Waals surface area contributed by atoms with Gasteiger partial charge in [-0.3, -0.25) is 4.57 Å². The van der Waals surface area contributed by atoms with Crippen LogP contribution in [0.1, 0.15) is 17.0 Å². The minimum Gasteiger partial charge on any atom is -0.368 e. The average molecular weight is 380 g/mol. The summed E-state index contributed by atoms with van der Waals surface area (Å²) in [6.07, 6.45) is 1.86. The average Bonchev–Trinajstić information content (AvgIpc) is 2.95. The first-order valence-electron chi connectivity index (χ1n) is 9.30. The number of pyridine rings is 1. The van der Waals surface area contributed by atoms with E-state index < -0.39 is 6.03 Å². The lowest BCUT2D eigenvalue weighted by atomic mass is 10.2. The van der Waals surface area contributed by atoms with E-state index in [9.17, 15) is 4.79 Å². The van der Waals surface area contributed by atoms with Crippen LogP contribution in [-0.2, 0) is 0 Å². The van der Waals surface area contributed by atoms with E-state index in [-0.39, 0.29) is 0 Å². The van der Waals surface area contributed by atoms with Gasteiger partial charge in [0.15, 0.2) is 0 Å². The maximum atomic E-state index is 11.8. The molecule has 9 heteroatoms. The number of nitrogens with zero attached hydrogens (tertiary/aromatic N) is 5. The lowest BCUT2D eigenvalue weighted by Gasteiger charge is -2.29. The smallest absolute Gasteiger partial charge is 0.323 e. The maximum absolute atomic E-state index is 11.8. The fraction of sp³-hybridized carbons (Fsp3) is 0.368. The van der Waals surface area contributed by atoms with Crippen molar-refractivity contribution >= 4 is 34.5 Å². The van der Waals surface area contributed by atoms with Crippen LogP contribution in [0.15, 0.2) is 18.3 Å². The molecule has 0 atom stereocenters. The lowest BCUT2D eigenvalue weighted by Crippen LogP contribution is -2.43. The van der Waals surface area contributed by atoms with Gasteiger partial charge in [0, 0.05) is 31.9 Å². The zero-order valence-electron chi connectivity index (χ0n) is 16.3. The predicted octanol–water partition coefficient (Wildman–Crippen LogP) is 1.83. The third-order valence-electron chi connectivity index (χ3n) is 5.21. The minimum absolute atomic E-state index is 0.442. The Balaban J connectivity index is 1.63. The number of rotatable bonds is 3. The molecule has 1 aliphatic heterocycles. The number of carbonyl (C=O) groups is 1. The number of hydrogen-bond acceptors (Lipinski definition) is 7. The minimum atomic E-state index is -0.534. The first-order valence-corrected chi connectivity index (χ1v) is 9.30. The van der Waals surface area contributed by atoms with Crippen LogP contribution < -0.4 is 21.3 Å². The molecule has 1 amide bonds. The van der Waals surface area contributed by atoms with Crippen LogP contribution in [0.3, 0.4) is 0 Å². The molecule has 0 radical (unpaired) electrons. The number of anilines is 3. The van der Waals surface area contributed by atoms with Gasteiger partial charge in [-0.2, -0.15) is 0 Å². The van der Waals surface area contributed by atoms with Crippen LogP contribution in [0.25, 0.3) is 11.0 Å². The zero-order chi connectivity index (χ0) is 19.8. The van der Waals surface area contributed by atoms with Gasteiger partial charge in [0.25, 0.3) is 0 Å². The summed E-state index contributed by atoms with van der Waals surface area (Å²) in [5, 5.41) is 6.51. The highest BCUT2D eigenvalue weighted by Gasteiger charge is 2.19. The molecule has 28 heavy (non-hydrogen) atoms. The van der Waals surface area contributed by atoms with E-state index >= 15 is 0 Å². The van der Waals surface area contributed by atoms with Gasteiger partial charge in [-0.1, -0.05) is 0 Å². The predicted molar refractivity (Wildman–Crippen MR) is 109 cm³/mol. The second kappa shape index (κ2) is 7.08. The number of aromatic nitrogens is 4. The SMILES string of the molecule is Cc1c(C)n(C(N)=O)c2c(C)nc(Nc3ccc(N4CCNCC4)cn3)nc12. The quantitative estimate of drug-likeness (QED) is 0.635. The number of piperazine rings is 1. The third-order valence-corrected chi connectivity index (χ3v) is 5.21. The number of fused-ring (bicyclic) bond motifs is 1. The number of nitrogens with two attached hydrogens (primary N) is 1. The fourth-order valence-corrected chi connectivity index (χ4v) is 3.62. The summed E-state index contributed by atoms with van der Waals surface area (Å²) < 4.78 is 1.46. The lowest BCUT2D eigenvalue weighted by molar-refractivity contribution is 0.250. The van der Waals surface area contributed by atoms with Gasteiger partial charge in [-0.05, 0) is 38.5 Å². The number of aryl methyl sites for hydroxylation is 2. The van der Waals surface area contributed by atoms with E-state index in [4.69, 9.17) is 5.73 Å². The summed E-state index contributed by atoms with van der Waals surface area (Å²) in [6, 6.07) is 3.44. The van der Waals surface area contributed by atoms with Crippen LogP contribution >= 0.6 is 0 Å². The van der Waals surface area contributed by atoms with Gasteiger partial charge in [0.1, 0.15) is 5.82 Å². The highest BCUT2D eigenvalue weighted by atomic mass is 16.2. The number of carbonyl (C=O) groups excluding carboxylic acids is 1. The fourth-order valence-electron chi connectivity index (χ4n) is 3.62. The highest BCUT2D eigenvalue weighted by Crippen LogP contribution is 2.27. The van der Waals surface area contributed by atoms with E-state index in [2.05, 4.69) is 30.5 Å². The monoisotopic (exact) mass is 380 g/mol. The Morgan fingerprint density at radius 3 is 2.57 bits per heavy atom. The highest BCUT2D eigenvalue weighted by molar-refractivity contribution is 5.94. The van der Waals surface area contributed by atoms with Crippen LogP contribution in [-0.4, -0.2) is 51.7 Å². The molecule has 0 unspecified atom stereocenters. The molecule has 0 saturated carbocycles. The second-order valence-electron chi connectivity index (χ2n) is 6.98. The van der Waals surface area contributed by atoms with Gasteiger partial charge < -0.3 is 21.3 Å². The molecular formula is C19H24N8O. The maximum Gasteiger partial charge on any atom is 0.323 e. The largest absolute Gasteiger partial charge is 0.368 e. The molecule has 0 spiro atoms. The molecule has 146 valence electrons. The van der Waals surface area contributed by atoms with Gasteiger partial charge in [0.2, 0.25) is 5.95 Å². The number of nitrogens with one attached hydrogen (secondary N) is 2. The van der Waals surface area contributed by atoms with E-state index in [0.29, 0.717) is 28.5 Å². The summed E-state index contributed by atoms with van der Waals surface area (Å²) in [4.78, 5) is 27.7. The van der Waals surface area contributed by atoms with Crippen molar-refractivity contribution in [2.24, 2.45) is 5.73 Å². The van der Waals surface area contributed by atoms with Crippen molar-refractivity contribution in [3.05, 3.63) is 35.3 Å². The molecular weight excluding hydrogens is 356 g/mol. The molecule has 1 aliphatic rings. The van der Waals surface area contributed by atoms with Crippen molar-refractivity contribution < 1.29 is 4.79 Å². The Morgan fingerprint density at radius 2 is 1.93 bits per heavy atom. The standard InChI is InChI=1S/C19H24N8O/c1-11-13(3)27(18(20)28)17-12(2)23-19(25-16(11)17)24-15-5-4-14(10-22-15)26-8-6-21-7-9-26/h4-5,10,21H,6-9H2,1-3H3,(H2,20,28)(H,22,23,24,25). The molecule has 4 N–H and O–H groups in total. The van der Waals surface area contributed by atoms with Gasteiger partial charge in [-0.25, -0.2) is 19.7 Å². The molecule has 4 rings (SSSR count). The molecule has 9 nitrogen and oxygen atoms in total. The molecule has 1 fully saturated rings. The topological polar surface area (TPSA) is 114 Å². The normalized spacial score (nSPS) is 14.5. The van der Waals surface area contributed by atoms with Gasteiger partial charge in [0.05, 0.1) is 28.6 Å². The van der Waals surface area contributed by atoms with Crippen LogP contribution in [0, 0.1) is 20.8 Å². The van der Waals surface area contributed by atoms with E-state index in [1.54, 1.807) is 0 Å². The van der Waals surface area contributed by atoms with E-state index in [1.807, 2.05) is 39.1 Å². The summed E-state index contributed by atoms with van der Waals surface area (Å²) >= 11 is 0. The van der Waals surface area contributed by atoms with Gasteiger partial charge in [-0.15, -0.1) is 0 Å². The number of amides is 1. The molecule has 0 aliphatic carbocycles. The van der Waals surface area contributed by atoms with Crippen molar-refractivity contribution in [1.29, 1.82) is 0 Å². The molecule has 0 bridgehead atoms. The number of primary amides is 1. The summed E-state index contributed by atoms with van der Waals surface area (Å²) in [5.74, 6) is 1.11. The Kier molecular flexibility index (Phi) is 4.60. The molecule has 3 aromatic rings. The van der Waals surface area contributed by atoms with Crippen LogP contribution in [0.4, 0.5) is 22.2 Å². The number of hydrogen-bond donors (Lipinski definition) is 3. The molecule has 1 saturated heterocycles. The van der Waals surface area contributed by atoms with Crippen molar-refractivity contribution in [3.63, 3.8) is 0 Å². The summed E-state index contributed by atoms with van der Waals surface area (Å²) in [7, 11) is 0. The van der Waals surface area contributed by atoms with Gasteiger partial charge >= 0.3 is 6.03 Å².